The maximum Gasteiger partial charge on any atom is 0.224 e. The summed E-state index contributed by atoms with van der Waals surface area (Å²) >= 11 is 0. The summed E-state index contributed by atoms with van der Waals surface area (Å²) in [6.45, 7) is 5.85. The lowest BCUT2D eigenvalue weighted by molar-refractivity contribution is -0.120. The Morgan fingerprint density at radius 2 is 1.81 bits per heavy atom. The lowest BCUT2D eigenvalue weighted by Crippen LogP contribution is -2.46. The van der Waals surface area contributed by atoms with Gasteiger partial charge in [-0.15, -0.1) is 12.4 Å². The molecule has 5 nitrogen and oxygen atoms in total. The number of aryl methyl sites for hydroxylation is 1. The van der Waals surface area contributed by atoms with Crippen molar-refractivity contribution in [2.75, 3.05) is 39.3 Å². The molecular weight excluding hydrogens is 360 g/mol. The fraction of sp³-hybridized carbons (Fsp3) is 0.381. The molecule has 4 rings (SSSR count). The van der Waals surface area contributed by atoms with Crippen LogP contribution < -0.4 is 10.6 Å². The second-order valence-electron chi connectivity index (χ2n) is 7.05. The lowest BCUT2D eigenvalue weighted by Gasteiger charge is -2.27. The molecule has 0 aliphatic carbocycles. The van der Waals surface area contributed by atoms with E-state index in [1.807, 2.05) is 0 Å². The third-order valence-corrected chi connectivity index (χ3v) is 5.30. The first-order valence-electron chi connectivity index (χ1n) is 9.38. The summed E-state index contributed by atoms with van der Waals surface area (Å²) in [5, 5.41) is 8.87. The average molecular weight is 387 g/mol. The third kappa shape index (κ3) is 4.26. The number of fused-ring (bicyclic) bond motifs is 3. The number of amides is 1. The van der Waals surface area contributed by atoms with Crippen molar-refractivity contribution in [3.8, 4) is 0 Å². The van der Waals surface area contributed by atoms with Crippen molar-refractivity contribution in [3.63, 3.8) is 0 Å². The molecule has 1 saturated heterocycles. The van der Waals surface area contributed by atoms with Crippen LogP contribution in [0.4, 0.5) is 0 Å². The summed E-state index contributed by atoms with van der Waals surface area (Å²) < 4.78 is 2.21. The zero-order valence-corrected chi connectivity index (χ0v) is 16.5. The zero-order chi connectivity index (χ0) is 17.9. The summed E-state index contributed by atoms with van der Waals surface area (Å²) in [5.74, 6) is 0.0970. The van der Waals surface area contributed by atoms with Gasteiger partial charge in [0, 0.05) is 68.1 Å². The second-order valence-corrected chi connectivity index (χ2v) is 7.05. The summed E-state index contributed by atoms with van der Waals surface area (Å²) in [7, 11) is 2.09. The minimum absolute atomic E-state index is 0. The molecule has 1 fully saturated rings. The van der Waals surface area contributed by atoms with E-state index in [0.29, 0.717) is 6.42 Å². The van der Waals surface area contributed by atoms with Crippen LogP contribution in [-0.2, 0) is 18.3 Å². The van der Waals surface area contributed by atoms with Gasteiger partial charge in [-0.1, -0.05) is 24.3 Å². The van der Waals surface area contributed by atoms with Crippen molar-refractivity contribution >= 4 is 40.1 Å². The number of benzene rings is 2. The van der Waals surface area contributed by atoms with Crippen LogP contribution in [0.2, 0.25) is 0 Å². The Hall–Kier alpha value is -2.08. The van der Waals surface area contributed by atoms with Crippen molar-refractivity contribution in [1.29, 1.82) is 0 Å². The monoisotopic (exact) mass is 386 g/mol. The number of rotatable bonds is 5. The first-order valence-corrected chi connectivity index (χ1v) is 9.38. The van der Waals surface area contributed by atoms with Gasteiger partial charge in [0.2, 0.25) is 5.91 Å². The highest BCUT2D eigenvalue weighted by Gasteiger charge is 2.11. The molecule has 1 aliphatic heterocycles. The highest BCUT2D eigenvalue weighted by Crippen LogP contribution is 2.28. The predicted octanol–water partition coefficient (Wildman–Crippen LogP) is 2.32. The minimum atomic E-state index is 0. The number of halogens is 1. The highest BCUT2D eigenvalue weighted by atomic mass is 35.5. The number of aromatic nitrogens is 1. The molecule has 27 heavy (non-hydrogen) atoms. The molecule has 1 aliphatic rings. The Bertz CT molecular complexity index is 930. The number of nitrogens with one attached hydrogen (secondary N) is 2. The molecule has 1 amide bonds. The third-order valence-electron chi connectivity index (χ3n) is 5.30. The normalized spacial score (nSPS) is 15.0. The number of piperazine rings is 1. The first-order chi connectivity index (χ1) is 12.7. The van der Waals surface area contributed by atoms with Gasteiger partial charge in [-0.05, 0) is 23.8 Å². The van der Waals surface area contributed by atoms with Gasteiger partial charge in [-0.2, -0.15) is 0 Å². The number of carbonyl (C=O) groups is 1. The van der Waals surface area contributed by atoms with Crippen molar-refractivity contribution in [2.24, 2.45) is 7.05 Å². The predicted molar refractivity (Wildman–Crippen MR) is 114 cm³/mol. The van der Waals surface area contributed by atoms with Crippen molar-refractivity contribution in [3.05, 3.63) is 48.0 Å². The minimum Gasteiger partial charge on any atom is -0.355 e. The average Bonchev–Trinajstić information content (AvgIpc) is 2.95. The second kappa shape index (κ2) is 8.74. The van der Waals surface area contributed by atoms with Crippen LogP contribution in [0.25, 0.3) is 21.8 Å². The molecule has 0 unspecified atom stereocenters. The standard InChI is InChI=1S/C21H26N4O.ClH/c1-24-19-5-3-2-4-17(19)18-14-16(6-7-20(18)24)15-21(26)23-10-13-25-11-8-22-9-12-25;/h2-7,14,22H,8-13,15H2,1H3,(H,23,26);1H. The molecule has 0 saturated carbocycles. The van der Waals surface area contributed by atoms with E-state index in [1.54, 1.807) is 0 Å². The Kier molecular flexibility index (Phi) is 6.37. The number of hydrogen-bond acceptors (Lipinski definition) is 3. The van der Waals surface area contributed by atoms with Gasteiger partial charge in [0.25, 0.3) is 0 Å². The van der Waals surface area contributed by atoms with Gasteiger partial charge in [0.15, 0.2) is 0 Å². The lowest BCUT2D eigenvalue weighted by atomic mass is 10.1. The van der Waals surface area contributed by atoms with E-state index in [4.69, 9.17) is 0 Å². The van der Waals surface area contributed by atoms with Crippen LogP contribution in [0.3, 0.4) is 0 Å². The molecular formula is C21H27ClN4O. The van der Waals surface area contributed by atoms with Crippen molar-refractivity contribution < 1.29 is 4.79 Å². The van der Waals surface area contributed by atoms with E-state index in [0.717, 1.165) is 44.8 Å². The number of carbonyl (C=O) groups excluding carboxylic acids is 1. The molecule has 0 spiro atoms. The van der Waals surface area contributed by atoms with Crippen molar-refractivity contribution in [2.45, 2.75) is 6.42 Å². The molecule has 6 heteroatoms. The number of para-hydroxylation sites is 1. The van der Waals surface area contributed by atoms with Crippen LogP contribution >= 0.6 is 12.4 Å². The maximum atomic E-state index is 12.3. The molecule has 2 aromatic carbocycles. The van der Waals surface area contributed by atoms with Gasteiger partial charge in [0.1, 0.15) is 0 Å². The molecule has 1 aromatic heterocycles. The number of nitrogens with zero attached hydrogens (tertiary/aromatic N) is 2. The van der Waals surface area contributed by atoms with Crippen LogP contribution in [0.15, 0.2) is 42.5 Å². The zero-order valence-electron chi connectivity index (χ0n) is 15.7. The molecule has 2 N–H and O–H groups in total. The number of hydrogen-bond donors (Lipinski definition) is 2. The Morgan fingerprint density at radius 3 is 2.63 bits per heavy atom. The summed E-state index contributed by atoms with van der Waals surface area (Å²) in [5.41, 5.74) is 3.49. The summed E-state index contributed by atoms with van der Waals surface area (Å²) in [6.07, 6.45) is 0.431. The van der Waals surface area contributed by atoms with Crippen LogP contribution in [-0.4, -0.2) is 54.6 Å². The first kappa shape index (κ1) is 19.7. The van der Waals surface area contributed by atoms with E-state index < -0.39 is 0 Å². The maximum absolute atomic E-state index is 12.3. The molecule has 3 aromatic rings. The fourth-order valence-electron chi connectivity index (χ4n) is 3.86. The Labute approximate surface area is 166 Å². The molecule has 0 bridgehead atoms. The largest absolute Gasteiger partial charge is 0.355 e. The van der Waals surface area contributed by atoms with Crippen LogP contribution in [0.1, 0.15) is 5.56 Å². The van der Waals surface area contributed by atoms with Gasteiger partial charge in [0.05, 0.1) is 6.42 Å². The van der Waals surface area contributed by atoms with Crippen LogP contribution in [0, 0.1) is 0 Å². The summed E-state index contributed by atoms with van der Waals surface area (Å²) in [6, 6.07) is 14.8. The molecule has 144 valence electrons. The van der Waals surface area contributed by atoms with E-state index >= 15 is 0 Å². The molecule has 0 radical (unpaired) electrons. The van der Waals surface area contributed by atoms with Crippen LogP contribution in [0.5, 0.6) is 0 Å². The Balaban J connectivity index is 0.00000210. The topological polar surface area (TPSA) is 49.3 Å². The van der Waals surface area contributed by atoms with Crippen molar-refractivity contribution in [1.82, 2.24) is 20.1 Å². The van der Waals surface area contributed by atoms with Gasteiger partial charge in [-0.25, -0.2) is 0 Å². The molecule has 0 atom stereocenters. The quantitative estimate of drug-likeness (QED) is 0.707. The van der Waals surface area contributed by atoms with Gasteiger partial charge >= 0.3 is 0 Å². The van der Waals surface area contributed by atoms with E-state index in [2.05, 4.69) is 69.6 Å². The van der Waals surface area contributed by atoms with E-state index in [-0.39, 0.29) is 18.3 Å². The Morgan fingerprint density at radius 1 is 1.07 bits per heavy atom. The van der Waals surface area contributed by atoms with E-state index in [9.17, 15) is 4.79 Å². The van der Waals surface area contributed by atoms with Gasteiger partial charge in [-0.3, -0.25) is 9.69 Å². The SMILES string of the molecule is Cl.Cn1c2ccccc2c2cc(CC(=O)NCCN3CCNCC3)ccc21. The molecule has 2 heterocycles. The smallest absolute Gasteiger partial charge is 0.224 e. The fourth-order valence-corrected chi connectivity index (χ4v) is 3.86. The highest BCUT2D eigenvalue weighted by molar-refractivity contribution is 6.08. The summed E-state index contributed by atoms with van der Waals surface area (Å²) in [4.78, 5) is 14.7. The van der Waals surface area contributed by atoms with E-state index in [1.165, 1.54) is 21.8 Å². The van der Waals surface area contributed by atoms with Gasteiger partial charge < -0.3 is 15.2 Å².